The molecule has 1 amide bonds. The monoisotopic (exact) mass is 365 g/mol. The summed E-state index contributed by atoms with van der Waals surface area (Å²) in [4.78, 5) is 25.5. The Morgan fingerprint density at radius 1 is 1.25 bits per heavy atom. The van der Waals surface area contributed by atoms with Crippen molar-refractivity contribution in [1.29, 1.82) is 0 Å². The predicted octanol–water partition coefficient (Wildman–Crippen LogP) is 4.16. The summed E-state index contributed by atoms with van der Waals surface area (Å²) in [7, 11) is 0. The zero-order valence-electron chi connectivity index (χ0n) is 13.8. The van der Waals surface area contributed by atoms with E-state index in [1.807, 2.05) is 37.3 Å². The van der Waals surface area contributed by atoms with Crippen molar-refractivity contribution in [3.63, 3.8) is 0 Å². The second-order valence-electron chi connectivity index (χ2n) is 5.92. The van der Waals surface area contributed by atoms with Crippen LogP contribution in [0.3, 0.4) is 0 Å². The maximum absolute atomic E-state index is 12.5. The summed E-state index contributed by atoms with van der Waals surface area (Å²) < 4.78 is -0.145. The Morgan fingerprint density at radius 3 is 2.58 bits per heavy atom. The van der Waals surface area contributed by atoms with Gasteiger partial charge in [-0.15, -0.1) is 12.6 Å². The molecule has 1 aromatic rings. The van der Waals surface area contributed by atoms with E-state index in [4.69, 9.17) is 5.11 Å². The van der Waals surface area contributed by atoms with Crippen LogP contribution in [-0.4, -0.2) is 33.1 Å². The van der Waals surface area contributed by atoms with Crippen molar-refractivity contribution < 1.29 is 14.7 Å². The summed E-state index contributed by atoms with van der Waals surface area (Å²) in [5.41, 5.74) is 2.21. The maximum atomic E-state index is 12.5. The van der Waals surface area contributed by atoms with E-state index in [-0.39, 0.29) is 17.0 Å². The van der Waals surface area contributed by atoms with Crippen LogP contribution in [0, 0.1) is 6.92 Å². The van der Waals surface area contributed by atoms with Gasteiger partial charge in [0.2, 0.25) is 0 Å². The Bertz CT molecular complexity index is 613. The van der Waals surface area contributed by atoms with Crippen LogP contribution >= 0.6 is 24.4 Å². The van der Waals surface area contributed by atoms with Gasteiger partial charge in [-0.3, -0.25) is 9.59 Å². The van der Waals surface area contributed by atoms with Crippen molar-refractivity contribution in [3.8, 4) is 0 Å². The number of unbranched alkanes of at least 4 members (excludes halogenated alkanes) is 3. The van der Waals surface area contributed by atoms with Gasteiger partial charge in [-0.1, -0.05) is 54.4 Å². The lowest BCUT2D eigenvalue weighted by Gasteiger charge is -2.18. The number of thiol groups is 1. The van der Waals surface area contributed by atoms with Crippen molar-refractivity contribution >= 4 is 42.3 Å². The third-order valence-electron chi connectivity index (χ3n) is 3.89. The van der Waals surface area contributed by atoms with Crippen molar-refractivity contribution in [2.75, 3.05) is 6.54 Å². The van der Waals surface area contributed by atoms with E-state index >= 15 is 0 Å². The number of rotatable bonds is 8. The molecule has 1 heterocycles. The predicted molar refractivity (Wildman–Crippen MR) is 102 cm³/mol. The first-order chi connectivity index (χ1) is 11.5. The first-order valence-corrected chi connectivity index (χ1v) is 9.53. The van der Waals surface area contributed by atoms with E-state index in [9.17, 15) is 9.59 Å². The first kappa shape index (κ1) is 18.9. The van der Waals surface area contributed by atoms with Crippen LogP contribution in [0.5, 0.6) is 0 Å². The lowest BCUT2D eigenvalue weighted by molar-refractivity contribution is -0.137. The number of carboxylic acids is 1. The number of thioether (sulfide) groups is 1. The normalized spacial score (nSPS) is 19.2. The Hall–Kier alpha value is -1.40. The van der Waals surface area contributed by atoms with E-state index in [0.717, 1.165) is 29.7 Å². The van der Waals surface area contributed by atoms with Crippen molar-refractivity contribution in [2.45, 2.75) is 43.7 Å². The molecular formula is C18H23NO3S2. The van der Waals surface area contributed by atoms with E-state index < -0.39 is 5.97 Å². The summed E-state index contributed by atoms with van der Waals surface area (Å²) >= 11 is 5.99. The minimum Gasteiger partial charge on any atom is -0.481 e. The highest BCUT2D eigenvalue weighted by Crippen LogP contribution is 2.38. The number of carbonyl (C=O) groups is 2. The Labute approximate surface area is 152 Å². The fourth-order valence-corrected chi connectivity index (χ4v) is 4.04. The molecule has 24 heavy (non-hydrogen) atoms. The lowest BCUT2D eigenvalue weighted by atomic mass is 10.1. The minimum absolute atomic E-state index is 0.0334. The summed E-state index contributed by atoms with van der Waals surface area (Å²) in [5, 5.41) is 8.61. The van der Waals surface area contributed by atoms with Gasteiger partial charge in [0.25, 0.3) is 5.91 Å². The molecule has 4 nitrogen and oxygen atoms in total. The van der Waals surface area contributed by atoms with Gasteiger partial charge >= 0.3 is 5.97 Å². The average molecular weight is 366 g/mol. The summed E-state index contributed by atoms with van der Waals surface area (Å²) in [5.74, 6) is -0.714. The van der Waals surface area contributed by atoms with Gasteiger partial charge < -0.3 is 10.0 Å². The van der Waals surface area contributed by atoms with Crippen LogP contribution in [-0.2, 0) is 9.59 Å². The van der Waals surface area contributed by atoms with Crippen LogP contribution in [0.2, 0.25) is 0 Å². The second kappa shape index (κ2) is 9.18. The molecule has 0 bridgehead atoms. The van der Waals surface area contributed by atoms with E-state index in [0.29, 0.717) is 13.0 Å². The number of hydrogen-bond donors (Lipinski definition) is 2. The Morgan fingerprint density at radius 2 is 1.92 bits per heavy atom. The largest absolute Gasteiger partial charge is 0.481 e. The van der Waals surface area contributed by atoms with E-state index in [1.165, 1.54) is 17.3 Å². The lowest BCUT2D eigenvalue weighted by Crippen LogP contribution is -2.30. The van der Waals surface area contributed by atoms with Crippen molar-refractivity contribution in [1.82, 2.24) is 4.90 Å². The fourth-order valence-electron chi connectivity index (χ4n) is 2.50. The summed E-state index contributed by atoms with van der Waals surface area (Å²) in [6.45, 7) is 2.70. The Balaban J connectivity index is 1.83. The van der Waals surface area contributed by atoms with Gasteiger partial charge in [0.1, 0.15) is 4.71 Å². The molecule has 1 fully saturated rings. The number of carbonyl (C=O) groups excluding carboxylic acids is 1. The third-order valence-corrected chi connectivity index (χ3v) is 5.49. The third kappa shape index (κ3) is 5.60. The number of carboxylic acid groups (broad SMARTS) is 1. The number of benzene rings is 1. The van der Waals surface area contributed by atoms with Crippen LogP contribution in [0.1, 0.15) is 43.2 Å². The summed E-state index contributed by atoms with van der Waals surface area (Å²) in [6, 6.07) is 8.08. The molecule has 2 rings (SSSR count). The highest BCUT2D eigenvalue weighted by molar-refractivity contribution is 8.14. The molecule has 1 aromatic carbocycles. The molecule has 1 unspecified atom stereocenters. The smallest absolute Gasteiger partial charge is 0.303 e. The maximum Gasteiger partial charge on any atom is 0.303 e. The molecular weight excluding hydrogens is 342 g/mol. The molecule has 1 atom stereocenters. The molecule has 0 spiro atoms. The van der Waals surface area contributed by atoms with Gasteiger partial charge in [0.05, 0.1) is 4.91 Å². The number of aliphatic carboxylic acids is 1. The van der Waals surface area contributed by atoms with E-state index in [2.05, 4.69) is 12.6 Å². The van der Waals surface area contributed by atoms with Gasteiger partial charge in [0, 0.05) is 13.0 Å². The minimum atomic E-state index is -0.748. The average Bonchev–Trinajstić information content (AvgIpc) is 2.79. The SMILES string of the molecule is Cc1ccc(/C=C2\SC(S)N(CCCCCCC(=O)O)C2=O)cc1. The van der Waals surface area contributed by atoms with Crippen molar-refractivity contribution in [2.24, 2.45) is 0 Å². The molecule has 6 heteroatoms. The molecule has 1 saturated heterocycles. The zero-order valence-corrected chi connectivity index (χ0v) is 15.5. The van der Waals surface area contributed by atoms with Gasteiger partial charge in [-0.25, -0.2) is 0 Å². The van der Waals surface area contributed by atoms with Crippen LogP contribution < -0.4 is 0 Å². The molecule has 1 aliphatic rings. The number of aryl methyl sites for hydroxylation is 1. The van der Waals surface area contributed by atoms with E-state index in [1.54, 1.807) is 4.90 Å². The highest BCUT2D eigenvalue weighted by Gasteiger charge is 2.33. The molecule has 0 saturated carbocycles. The first-order valence-electron chi connectivity index (χ1n) is 8.13. The quantitative estimate of drug-likeness (QED) is 0.413. The molecule has 1 aliphatic heterocycles. The van der Waals surface area contributed by atoms with Crippen LogP contribution in [0.15, 0.2) is 29.2 Å². The number of nitrogens with zero attached hydrogens (tertiary/aromatic N) is 1. The van der Waals surface area contributed by atoms with Crippen molar-refractivity contribution in [3.05, 3.63) is 40.3 Å². The molecule has 130 valence electrons. The molecule has 0 aromatic heterocycles. The molecule has 0 radical (unpaired) electrons. The number of amides is 1. The molecule has 1 N–H and O–H groups in total. The fraction of sp³-hybridized carbons (Fsp3) is 0.444. The van der Waals surface area contributed by atoms with Gasteiger partial charge in [0.15, 0.2) is 0 Å². The Kier molecular flexibility index (Phi) is 7.24. The van der Waals surface area contributed by atoms with Gasteiger partial charge in [-0.05, 0) is 31.4 Å². The molecule has 0 aliphatic carbocycles. The number of hydrogen-bond acceptors (Lipinski definition) is 4. The second-order valence-corrected chi connectivity index (χ2v) is 7.88. The van der Waals surface area contributed by atoms with Crippen LogP contribution in [0.25, 0.3) is 6.08 Å². The standard InChI is InChI=1S/C18H23NO3S2/c1-13-7-9-14(10-8-13)12-15-17(22)19(18(23)24-15)11-5-3-2-4-6-16(20)21/h7-10,12,18,23H,2-6,11H2,1H3,(H,20,21)/b15-12-. The highest BCUT2D eigenvalue weighted by atomic mass is 32.2. The van der Waals surface area contributed by atoms with Gasteiger partial charge in [-0.2, -0.15) is 0 Å². The van der Waals surface area contributed by atoms with Crippen LogP contribution in [0.4, 0.5) is 0 Å². The topological polar surface area (TPSA) is 57.6 Å². The zero-order chi connectivity index (χ0) is 17.5. The summed E-state index contributed by atoms with van der Waals surface area (Å²) in [6.07, 6.45) is 5.52.